The third-order valence-corrected chi connectivity index (χ3v) is 9.01. The summed E-state index contributed by atoms with van der Waals surface area (Å²) < 4.78 is 12.3. The number of epoxide rings is 1. The van der Waals surface area contributed by atoms with E-state index < -0.39 is 22.5 Å². The SMILES string of the molecule is C=C1C(=O)C23CC1CC1OC12C1(C)C(OC(C)=O)CCC(C)(C)C1C(O)C3. The Morgan fingerprint density at radius 1 is 1.30 bits per heavy atom. The minimum atomic E-state index is -0.714. The Morgan fingerprint density at radius 2 is 2.00 bits per heavy atom. The van der Waals surface area contributed by atoms with Crippen LogP contribution in [-0.2, 0) is 19.1 Å². The number of carbonyl (C=O) groups is 2. The molecule has 1 heterocycles. The molecule has 0 aromatic carbocycles. The van der Waals surface area contributed by atoms with Gasteiger partial charge in [0.05, 0.1) is 17.6 Å². The van der Waals surface area contributed by atoms with E-state index >= 15 is 0 Å². The lowest BCUT2D eigenvalue weighted by Crippen LogP contribution is -2.72. The molecule has 2 bridgehead atoms. The number of aliphatic hydroxyl groups is 1. The molecule has 2 spiro atoms. The van der Waals surface area contributed by atoms with Crippen molar-refractivity contribution < 1.29 is 24.2 Å². The first-order valence-electron chi connectivity index (χ1n) is 10.3. The van der Waals surface area contributed by atoms with Gasteiger partial charge in [-0.1, -0.05) is 27.4 Å². The number of ketones is 1. The molecule has 0 amide bonds. The Morgan fingerprint density at radius 3 is 2.67 bits per heavy atom. The van der Waals surface area contributed by atoms with Gasteiger partial charge in [-0.2, -0.15) is 0 Å². The second-order valence-electron chi connectivity index (χ2n) is 10.6. The predicted octanol–water partition coefficient (Wildman–Crippen LogP) is 2.80. The quantitative estimate of drug-likeness (QED) is 0.434. The van der Waals surface area contributed by atoms with Crippen LogP contribution < -0.4 is 0 Å². The molecule has 8 unspecified atom stereocenters. The van der Waals surface area contributed by atoms with Crippen LogP contribution in [0.1, 0.15) is 59.8 Å². The Balaban J connectivity index is 1.72. The third-order valence-electron chi connectivity index (χ3n) is 9.01. The van der Waals surface area contributed by atoms with Gasteiger partial charge in [0.15, 0.2) is 5.78 Å². The second-order valence-corrected chi connectivity index (χ2v) is 10.6. The van der Waals surface area contributed by atoms with Crippen molar-refractivity contribution in [1.82, 2.24) is 0 Å². The topological polar surface area (TPSA) is 76.1 Å². The summed E-state index contributed by atoms with van der Waals surface area (Å²) in [6, 6.07) is 0. The molecule has 5 fully saturated rings. The molecule has 5 heteroatoms. The van der Waals surface area contributed by atoms with E-state index in [-0.39, 0.29) is 41.2 Å². The average molecular weight is 374 g/mol. The maximum atomic E-state index is 13.4. The van der Waals surface area contributed by atoms with E-state index in [1.54, 1.807) is 0 Å². The smallest absolute Gasteiger partial charge is 0.302 e. The van der Waals surface area contributed by atoms with Crippen molar-refractivity contribution in [3.63, 3.8) is 0 Å². The van der Waals surface area contributed by atoms with Crippen LogP contribution >= 0.6 is 0 Å². The van der Waals surface area contributed by atoms with Crippen molar-refractivity contribution in [1.29, 1.82) is 0 Å². The van der Waals surface area contributed by atoms with Gasteiger partial charge in [0, 0.05) is 18.3 Å². The molecular weight excluding hydrogens is 344 g/mol. The lowest BCUT2D eigenvalue weighted by molar-refractivity contribution is -0.243. The van der Waals surface area contributed by atoms with Crippen LogP contribution in [-0.4, -0.2) is 40.8 Å². The summed E-state index contributed by atoms with van der Waals surface area (Å²) in [6.07, 6.45) is 2.61. The summed E-state index contributed by atoms with van der Waals surface area (Å²) in [6.45, 7) is 12.0. The van der Waals surface area contributed by atoms with Crippen LogP contribution in [0.15, 0.2) is 12.2 Å². The molecule has 27 heavy (non-hydrogen) atoms. The number of fused-ring (bicyclic) bond motifs is 2. The monoisotopic (exact) mass is 374 g/mol. The zero-order valence-electron chi connectivity index (χ0n) is 16.7. The fraction of sp³-hybridized carbons (Fsp3) is 0.818. The summed E-state index contributed by atoms with van der Waals surface area (Å²) in [5.74, 6) is -0.152. The number of Topliss-reactive ketones (excluding diaryl/α,β-unsaturated/α-hetero) is 1. The van der Waals surface area contributed by atoms with Gasteiger partial charge in [0.1, 0.15) is 11.7 Å². The van der Waals surface area contributed by atoms with Gasteiger partial charge in [-0.15, -0.1) is 0 Å². The molecule has 1 N–H and O–H groups in total. The minimum Gasteiger partial charge on any atom is -0.462 e. The second kappa shape index (κ2) is 4.85. The van der Waals surface area contributed by atoms with Crippen molar-refractivity contribution in [2.75, 3.05) is 0 Å². The van der Waals surface area contributed by atoms with E-state index in [1.807, 2.05) is 0 Å². The first-order valence-corrected chi connectivity index (χ1v) is 10.3. The molecule has 0 aromatic heterocycles. The number of aliphatic hydroxyl groups excluding tert-OH is 1. The highest BCUT2D eigenvalue weighted by Gasteiger charge is 2.88. The van der Waals surface area contributed by atoms with Crippen molar-refractivity contribution in [2.24, 2.45) is 28.1 Å². The number of hydrogen-bond acceptors (Lipinski definition) is 5. The molecule has 1 aliphatic heterocycles. The Hall–Kier alpha value is -1.20. The van der Waals surface area contributed by atoms with E-state index in [2.05, 4.69) is 27.4 Å². The van der Waals surface area contributed by atoms with Crippen molar-refractivity contribution in [3.05, 3.63) is 12.2 Å². The largest absolute Gasteiger partial charge is 0.462 e. The number of carbonyl (C=O) groups excluding carboxylic acids is 2. The van der Waals surface area contributed by atoms with Crippen molar-refractivity contribution in [3.8, 4) is 0 Å². The van der Waals surface area contributed by atoms with Gasteiger partial charge < -0.3 is 14.6 Å². The number of ether oxygens (including phenoxy) is 2. The Bertz CT molecular complexity index is 771. The lowest BCUT2D eigenvalue weighted by Gasteiger charge is -2.65. The highest BCUT2D eigenvalue weighted by atomic mass is 16.6. The van der Waals surface area contributed by atoms with Crippen LogP contribution in [0.25, 0.3) is 0 Å². The van der Waals surface area contributed by atoms with E-state index in [1.165, 1.54) is 6.92 Å². The Labute approximate surface area is 160 Å². The van der Waals surface area contributed by atoms with Crippen molar-refractivity contribution in [2.45, 2.75) is 83.7 Å². The minimum absolute atomic E-state index is 0.00796. The van der Waals surface area contributed by atoms with Crippen LogP contribution in [0.3, 0.4) is 0 Å². The maximum Gasteiger partial charge on any atom is 0.302 e. The third kappa shape index (κ3) is 1.75. The summed E-state index contributed by atoms with van der Waals surface area (Å²) in [5, 5.41) is 11.4. The molecule has 5 nitrogen and oxygen atoms in total. The molecule has 0 radical (unpaired) electrons. The summed E-state index contributed by atoms with van der Waals surface area (Å²) in [5.41, 5.74) is -1.36. The van der Waals surface area contributed by atoms with Gasteiger partial charge >= 0.3 is 5.97 Å². The van der Waals surface area contributed by atoms with Gasteiger partial charge in [-0.05, 0) is 49.0 Å². The first kappa shape index (κ1) is 17.9. The molecule has 4 aliphatic carbocycles. The molecule has 148 valence electrons. The highest BCUT2D eigenvalue weighted by Crippen LogP contribution is 2.80. The highest BCUT2D eigenvalue weighted by molar-refractivity contribution is 6.04. The summed E-state index contributed by atoms with van der Waals surface area (Å²) in [7, 11) is 0. The standard InChI is InChI=1S/C22H30O5/c1-11-13-8-16-22(27-16)20(5)15(26-12(2)23)6-7-19(3,4)17(20)14(24)10-21(22,9-13)18(11)25/h13-17,24H,1,6-10H2,2-5H3. The molecular formula is C22H30O5. The zero-order chi connectivity index (χ0) is 19.6. The molecule has 5 rings (SSSR count). The zero-order valence-corrected chi connectivity index (χ0v) is 16.7. The number of hydrogen-bond donors (Lipinski definition) is 1. The van der Waals surface area contributed by atoms with Gasteiger partial charge in [0.2, 0.25) is 0 Å². The van der Waals surface area contributed by atoms with Crippen LogP contribution in [0, 0.1) is 28.1 Å². The normalized spacial score (nSPS) is 54.6. The summed E-state index contributed by atoms with van der Waals surface area (Å²) in [4.78, 5) is 25.3. The van der Waals surface area contributed by atoms with Gasteiger partial charge in [-0.3, -0.25) is 9.59 Å². The molecule has 8 atom stereocenters. The van der Waals surface area contributed by atoms with Gasteiger partial charge in [-0.25, -0.2) is 0 Å². The van der Waals surface area contributed by atoms with E-state index in [0.717, 1.165) is 19.3 Å². The predicted molar refractivity (Wildman–Crippen MR) is 97.7 cm³/mol. The first-order chi connectivity index (χ1) is 12.5. The lowest BCUT2D eigenvalue weighted by atomic mass is 9.39. The number of esters is 1. The molecule has 1 saturated heterocycles. The molecule has 4 saturated carbocycles. The molecule has 5 aliphatic rings. The average Bonchev–Trinajstić information content (AvgIpc) is 3.27. The number of rotatable bonds is 1. The fourth-order valence-corrected chi connectivity index (χ4v) is 8.29. The Kier molecular flexibility index (Phi) is 3.21. The molecule has 0 aromatic rings. The maximum absolute atomic E-state index is 13.4. The number of allylic oxidation sites excluding steroid dienone is 1. The summed E-state index contributed by atoms with van der Waals surface area (Å²) >= 11 is 0. The van der Waals surface area contributed by atoms with Crippen LogP contribution in [0.5, 0.6) is 0 Å². The van der Waals surface area contributed by atoms with Crippen LogP contribution in [0.2, 0.25) is 0 Å². The van der Waals surface area contributed by atoms with E-state index in [9.17, 15) is 14.7 Å². The van der Waals surface area contributed by atoms with Crippen molar-refractivity contribution >= 4 is 11.8 Å². The van der Waals surface area contributed by atoms with E-state index in [4.69, 9.17) is 9.47 Å². The fourth-order valence-electron chi connectivity index (χ4n) is 8.29. The van der Waals surface area contributed by atoms with E-state index in [0.29, 0.717) is 18.4 Å². The van der Waals surface area contributed by atoms with Gasteiger partial charge in [0.25, 0.3) is 0 Å². The van der Waals surface area contributed by atoms with Crippen LogP contribution in [0.4, 0.5) is 0 Å².